The first-order valence-corrected chi connectivity index (χ1v) is 7.21. The van der Waals surface area contributed by atoms with Crippen LogP contribution in [0.2, 0.25) is 0 Å². The molecule has 1 nitrogen and oxygen atoms in total. The molecule has 3 unspecified atom stereocenters. The van der Waals surface area contributed by atoms with Gasteiger partial charge in [0.2, 0.25) is 0 Å². The first kappa shape index (κ1) is 12.2. The summed E-state index contributed by atoms with van der Waals surface area (Å²) in [5.41, 5.74) is 1.18. The third-order valence-corrected chi connectivity index (χ3v) is 4.94. The SMILES string of the molecule is C[C@H](NCC1CC2CCC1C2)c1ccc(F)cc1. The van der Waals surface area contributed by atoms with E-state index in [1.807, 2.05) is 12.1 Å². The maximum absolute atomic E-state index is 12.9. The Balaban J connectivity index is 1.52. The van der Waals surface area contributed by atoms with E-state index in [-0.39, 0.29) is 5.82 Å². The Kier molecular flexibility index (Phi) is 3.38. The normalized spacial score (nSPS) is 31.8. The van der Waals surface area contributed by atoms with Gasteiger partial charge in [-0.2, -0.15) is 0 Å². The van der Waals surface area contributed by atoms with Crippen molar-refractivity contribution in [1.29, 1.82) is 0 Å². The zero-order valence-corrected chi connectivity index (χ0v) is 11.0. The molecule has 2 bridgehead atoms. The van der Waals surface area contributed by atoms with Gasteiger partial charge in [-0.3, -0.25) is 0 Å². The molecule has 2 aliphatic carbocycles. The van der Waals surface area contributed by atoms with Crippen molar-refractivity contribution in [2.45, 2.75) is 38.6 Å². The molecule has 0 aliphatic heterocycles. The van der Waals surface area contributed by atoms with E-state index in [9.17, 15) is 4.39 Å². The minimum absolute atomic E-state index is 0.154. The van der Waals surface area contributed by atoms with Gasteiger partial charge in [0.25, 0.3) is 0 Å². The molecule has 2 aliphatic rings. The lowest BCUT2D eigenvalue weighted by atomic mass is 9.88. The average Bonchev–Trinajstić information content (AvgIpc) is 2.99. The molecule has 98 valence electrons. The Morgan fingerprint density at radius 1 is 1.22 bits per heavy atom. The smallest absolute Gasteiger partial charge is 0.123 e. The highest BCUT2D eigenvalue weighted by Gasteiger charge is 2.39. The van der Waals surface area contributed by atoms with Crippen molar-refractivity contribution in [1.82, 2.24) is 5.32 Å². The molecule has 4 atom stereocenters. The molecule has 1 N–H and O–H groups in total. The molecule has 2 heteroatoms. The fraction of sp³-hybridized carbons (Fsp3) is 0.625. The topological polar surface area (TPSA) is 12.0 Å². The van der Waals surface area contributed by atoms with Gasteiger partial charge in [-0.15, -0.1) is 0 Å². The summed E-state index contributed by atoms with van der Waals surface area (Å²) in [7, 11) is 0. The fourth-order valence-electron chi connectivity index (χ4n) is 3.82. The van der Waals surface area contributed by atoms with Gasteiger partial charge >= 0.3 is 0 Å². The fourth-order valence-corrected chi connectivity index (χ4v) is 3.82. The summed E-state index contributed by atoms with van der Waals surface area (Å²) >= 11 is 0. The highest BCUT2D eigenvalue weighted by molar-refractivity contribution is 5.19. The molecule has 3 rings (SSSR count). The molecule has 2 saturated carbocycles. The first-order chi connectivity index (χ1) is 8.72. The number of nitrogens with one attached hydrogen (secondary N) is 1. The summed E-state index contributed by atoms with van der Waals surface area (Å²) in [5.74, 6) is 2.72. The number of benzene rings is 1. The van der Waals surface area contributed by atoms with Crippen LogP contribution in [0.5, 0.6) is 0 Å². The number of halogens is 1. The Hall–Kier alpha value is -0.890. The molecule has 0 amide bonds. The van der Waals surface area contributed by atoms with E-state index >= 15 is 0 Å². The molecule has 0 heterocycles. The zero-order valence-electron chi connectivity index (χ0n) is 11.0. The molecule has 0 radical (unpaired) electrons. The van der Waals surface area contributed by atoms with E-state index in [1.165, 1.54) is 31.2 Å². The van der Waals surface area contributed by atoms with Crippen LogP contribution < -0.4 is 5.32 Å². The molecular weight excluding hydrogens is 225 g/mol. The van der Waals surface area contributed by atoms with Crippen LogP contribution in [0, 0.1) is 23.6 Å². The van der Waals surface area contributed by atoms with Gasteiger partial charge in [-0.05, 0) is 68.2 Å². The third-order valence-electron chi connectivity index (χ3n) is 4.94. The van der Waals surface area contributed by atoms with Gasteiger partial charge in [-0.25, -0.2) is 4.39 Å². The second kappa shape index (κ2) is 5.00. The molecule has 1 aromatic carbocycles. The highest BCUT2D eigenvalue weighted by atomic mass is 19.1. The molecule has 0 saturated heterocycles. The van der Waals surface area contributed by atoms with Gasteiger partial charge < -0.3 is 5.32 Å². The monoisotopic (exact) mass is 247 g/mol. The Morgan fingerprint density at radius 3 is 2.61 bits per heavy atom. The van der Waals surface area contributed by atoms with Crippen molar-refractivity contribution in [3.05, 3.63) is 35.6 Å². The van der Waals surface area contributed by atoms with Crippen molar-refractivity contribution < 1.29 is 4.39 Å². The van der Waals surface area contributed by atoms with Crippen LogP contribution in [0.25, 0.3) is 0 Å². The highest BCUT2D eigenvalue weighted by Crippen LogP contribution is 2.48. The molecule has 0 aromatic heterocycles. The number of rotatable bonds is 4. The Morgan fingerprint density at radius 2 is 2.00 bits per heavy atom. The first-order valence-electron chi connectivity index (χ1n) is 7.21. The van der Waals surface area contributed by atoms with E-state index in [0.717, 1.165) is 24.3 Å². The zero-order chi connectivity index (χ0) is 12.5. The lowest BCUT2D eigenvalue weighted by molar-refractivity contribution is 0.309. The summed E-state index contributed by atoms with van der Waals surface area (Å²) in [6.07, 6.45) is 5.81. The van der Waals surface area contributed by atoms with Gasteiger partial charge in [0.1, 0.15) is 5.82 Å². The van der Waals surface area contributed by atoms with Crippen molar-refractivity contribution in [2.75, 3.05) is 6.54 Å². The minimum Gasteiger partial charge on any atom is -0.310 e. The minimum atomic E-state index is -0.154. The standard InChI is InChI=1S/C16H22FN/c1-11(13-4-6-16(17)7-5-13)18-10-15-9-12-2-3-14(15)8-12/h4-7,11-12,14-15,18H,2-3,8-10H2,1H3/t11-,12?,14?,15?/m0/s1. The maximum Gasteiger partial charge on any atom is 0.123 e. The van der Waals surface area contributed by atoms with E-state index in [2.05, 4.69) is 12.2 Å². The van der Waals surface area contributed by atoms with Crippen molar-refractivity contribution in [3.8, 4) is 0 Å². The van der Waals surface area contributed by atoms with Crippen LogP contribution in [-0.2, 0) is 0 Å². The Bertz CT molecular complexity index is 400. The molecule has 0 spiro atoms. The van der Waals surface area contributed by atoms with E-state index in [4.69, 9.17) is 0 Å². The quantitative estimate of drug-likeness (QED) is 0.850. The predicted molar refractivity (Wildman–Crippen MR) is 71.8 cm³/mol. The van der Waals surface area contributed by atoms with Gasteiger partial charge in [0, 0.05) is 6.04 Å². The second-order valence-corrected chi connectivity index (χ2v) is 6.12. The average molecular weight is 247 g/mol. The lowest BCUT2D eigenvalue weighted by Gasteiger charge is -2.24. The molecule has 1 aromatic rings. The van der Waals surface area contributed by atoms with E-state index in [1.54, 1.807) is 12.1 Å². The van der Waals surface area contributed by atoms with Crippen LogP contribution in [0.1, 0.15) is 44.2 Å². The number of fused-ring (bicyclic) bond motifs is 2. The van der Waals surface area contributed by atoms with Gasteiger partial charge in [0.15, 0.2) is 0 Å². The summed E-state index contributed by atoms with van der Waals surface area (Å²) in [6.45, 7) is 3.29. The van der Waals surface area contributed by atoms with Crippen LogP contribution in [0.15, 0.2) is 24.3 Å². The number of hydrogen-bond donors (Lipinski definition) is 1. The largest absolute Gasteiger partial charge is 0.310 e. The van der Waals surface area contributed by atoms with Crippen LogP contribution >= 0.6 is 0 Å². The Labute approximate surface area is 109 Å². The van der Waals surface area contributed by atoms with Crippen LogP contribution in [0.4, 0.5) is 4.39 Å². The van der Waals surface area contributed by atoms with Gasteiger partial charge in [0.05, 0.1) is 0 Å². The molecular formula is C16H22FN. The van der Waals surface area contributed by atoms with Crippen molar-refractivity contribution in [3.63, 3.8) is 0 Å². The van der Waals surface area contributed by atoms with Crippen LogP contribution in [0.3, 0.4) is 0 Å². The maximum atomic E-state index is 12.9. The summed E-state index contributed by atoms with van der Waals surface area (Å²) in [6, 6.07) is 7.18. The second-order valence-electron chi connectivity index (χ2n) is 6.12. The summed E-state index contributed by atoms with van der Waals surface area (Å²) < 4.78 is 12.9. The lowest BCUT2D eigenvalue weighted by Crippen LogP contribution is -2.28. The summed E-state index contributed by atoms with van der Waals surface area (Å²) in [4.78, 5) is 0. The van der Waals surface area contributed by atoms with Gasteiger partial charge in [-0.1, -0.05) is 18.6 Å². The third kappa shape index (κ3) is 2.44. The molecule has 18 heavy (non-hydrogen) atoms. The van der Waals surface area contributed by atoms with E-state index in [0.29, 0.717) is 6.04 Å². The summed E-state index contributed by atoms with van der Waals surface area (Å²) in [5, 5.41) is 3.62. The van der Waals surface area contributed by atoms with Crippen LogP contribution in [-0.4, -0.2) is 6.54 Å². The van der Waals surface area contributed by atoms with E-state index < -0.39 is 0 Å². The predicted octanol–water partition coefficient (Wildman–Crippen LogP) is 3.91. The van der Waals surface area contributed by atoms with Crippen molar-refractivity contribution in [2.24, 2.45) is 17.8 Å². The molecule has 2 fully saturated rings. The number of hydrogen-bond acceptors (Lipinski definition) is 1. The van der Waals surface area contributed by atoms with Crippen molar-refractivity contribution >= 4 is 0 Å².